The molecule has 1 saturated heterocycles. The van der Waals surface area contributed by atoms with Crippen molar-refractivity contribution in [1.29, 1.82) is 0 Å². The molecule has 6 nitrogen and oxygen atoms in total. The molecule has 0 radical (unpaired) electrons. The normalized spacial score (nSPS) is 19.6. The molecule has 1 fully saturated rings. The topological polar surface area (TPSA) is 74.8 Å². The summed E-state index contributed by atoms with van der Waals surface area (Å²) in [5.74, 6) is -0.366. The first kappa shape index (κ1) is 16.5. The quantitative estimate of drug-likeness (QED) is 0.804. The predicted molar refractivity (Wildman–Crippen MR) is 83.2 cm³/mol. The molecule has 7 heteroatoms. The van der Waals surface area contributed by atoms with Crippen LogP contribution in [0.15, 0.2) is 30.3 Å². The minimum atomic E-state index is -3.04. The fraction of sp³-hybridized carbons (Fsp3) is 0.467. The van der Waals surface area contributed by atoms with Gasteiger partial charge >= 0.3 is 0 Å². The van der Waals surface area contributed by atoms with E-state index in [4.69, 9.17) is 0 Å². The van der Waals surface area contributed by atoms with Crippen molar-refractivity contribution >= 4 is 21.7 Å². The van der Waals surface area contributed by atoms with Gasteiger partial charge in [-0.25, -0.2) is 8.42 Å². The van der Waals surface area contributed by atoms with Crippen molar-refractivity contribution in [3.05, 3.63) is 35.9 Å². The van der Waals surface area contributed by atoms with E-state index in [-0.39, 0.29) is 35.9 Å². The first-order chi connectivity index (χ1) is 10.3. The predicted octanol–water partition coefficient (Wildman–Crippen LogP) is 0.404. The monoisotopic (exact) mass is 324 g/mol. The number of hydrogen-bond donors (Lipinski definition) is 0. The largest absolute Gasteiger partial charge is 0.340 e. The van der Waals surface area contributed by atoms with E-state index >= 15 is 0 Å². The summed E-state index contributed by atoms with van der Waals surface area (Å²) in [6.07, 6.45) is 0.459. The van der Waals surface area contributed by atoms with Gasteiger partial charge in [-0.1, -0.05) is 18.2 Å². The first-order valence-electron chi connectivity index (χ1n) is 7.07. The van der Waals surface area contributed by atoms with Crippen molar-refractivity contribution in [2.24, 2.45) is 0 Å². The lowest BCUT2D eigenvalue weighted by atomic mass is 10.2. The Morgan fingerprint density at radius 1 is 1.18 bits per heavy atom. The van der Waals surface area contributed by atoms with Gasteiger partial charge in [0.25, 0.3) is 5.91 Å². The Balaban J connectivity index is 1.95. The third kappa shape index (κ3) is 3.85. The van der Waals surface area contributed by atoms with Gasteiger partial charge in [-0.3, -0.25) is 9.59 Å². The van der Waals surface area contributed by atoms with Crippen LogP contribution in [0.3, 0.4) is 0 Å². The van der Waals surface area contributed by atoms with Crippen LogP contribution in [0.5, 0.6) is 0 Å². The van der Waals surface area contributed by atoms with Crippen molar-refractivity contribution < 1.29 is 18.0 Å². The summed E-state index contributed by atoms with van der Waals surface area (Å²) in [4.78, 5) is 27.2. The second-order valence-electron chi connectivity index (χ2n) is 5.59. The van der Waals surface area contributed by atoms with E-state index in [1.54, 1.807) is 38.4 Å². The maximum absolute atomic E-state index is 12.2. The molecule has 1 heterocycles. The minimum absolute atomic E-state index is 0.00554. The van der Waals surface area contributed by atoms with E-state index in [9.17, 15) is 18.0 Å². The zero-order chi connectivity index (χ0) is 16.3. The maximum Gasteiger partial charge on any atom is 0.254 e. The summed E-state index contributed by atoms with van der Waals surface area (Å²) in [7, 11) is 0.118. The molecule has 0 aromatic heterocycles. The van der Waals surface area contributed by atoms with E-state index in [0.29, 0.717) is 12.0 Å². The van der Waals surface area contributed by atoms with Crippen LogP contribution in [0.1, 0.15) is 16.8 Å². The van der Waals surface area contributed by atoms with Gasteiger partial charge in [0.2, 0.25) is 5.91 Å². The lowest BCUT2D eigenvalue weighted by Gasteiger charge is -2.26. The van der Waals surface area contributed by atoms with Crippen LogP contribution in [0, 0.1) is 0 Å². The molecule has 120 valence electrons. The molecular weight excluding hydrogens is 304 g/mol. The molecule has 2 amide bonds. The Bertz CT molecular complexity index is 657. The number of carbonyl (C=O) groups excluding carboxylic acids is 2. The molecule has 0 spiro atoms. The molecule has 22 heavy (non-hydrogen) atoms. The number of likely N-dealkylation sites (N-methyl/N-ethyl adjacent to an activating group) is 2. The van der Waals surface area contributed by atoms with Crippen molar-refractivity contribution in [3.63, 3.8) is 0 Å². The fourth-order valence-electron chi connectivity index (χ4n) is 2.47. The molecule has 1 aliphatic heterocycles. The number of carbonyl (C=O) groups is 2. The van der Waals surface area contributed by atoms with Crippen LogP contribution in [-0.2, 0) is 14.6 Å². The Labute approximate surface area is 130 Å². The average Bonchev–Trinajstić information content (AvgIpc) is 2.86. The Morgan fingerprint density at radius 2 is 1.82 bits per heavy atom. The second kappa shape index (κ2) is 6.48. The highest BCUT2D eigenvalue weighted by Gasteiger charge is 2.33. The van der Waals surface area contributed by atoms with Crippen molar-refractivity contribution in [2.45, 2.75) is 12.5 Å². The van der Waals surface area contributed by atoms with Crippen LogP contribution in [0.25, 0.3) is 0 Å². The average molecular weight is 324 g/mol. The Morgan fingerprint density at radius 3 is 2.36 bits per heavy atom. The van der Waals surface area contributed by atoms with Crippen molar-refractivity contribution in [2.75, 3.05) is 32.1 Å². The summed E-state index contributed by atoms with van der Waals surface area (Å²) in [6, 6.07) is 8.43. The highest BCUT2D eigenvalue weighted by atomic mass is 32.2. The molecular formula is C15H20N2O4S. The fourth-order valence-corrected chi connectivity index (χ4v) is 4.25. The summed E-state index contributed by atoms with van der Waals surface area (Å²) < 4.78 is 23.0. The van der Waals surface area contributed by atoms with Crippen molar-refractivity contribution in [3.8, 4) is 0 Å². The number of rotatable bonds is 4. The van der Waals surface area contributed by atoms with Crippen LogP contribution in [0.4, 0.5) is 0 Å². The van der Waals surface area contributed by atoms with Crippen molar-refractivity contribution in [1.82, 2.24) is 9.80 Å². The second-order valence-corrected chi connectivity index (χ2v) is 7.82. The first-order valence-corrected chi connectivity index (χ1v) is 8.89. The molecule has 1 unspecified atom stereocenters. The van der Waals surface area contributed by atoms with Crippen LogP contribution in [0.2, 0.25) is 0 Å². The Kier molecular flexibility index (Phi) is 4.85. The molecule has 1 aliphatic rings. The molecule has 0 N–H and O–H groups in total. The lowest BCUT2D eigenvalue weighted by Crippen LogP contribution is -2.44. The van der Waals surface area contributed by atoms with Gasteiger partial charge in [-0.05, 0) is 18.6 Å². The van der Waals surface area contributed by atoms with E-state index in [0.717, 1.165) is 0 Å². The third-order valence-corrected chi connectivity index (χ3v) is 5.64. The molecule has 1 aromatic carbocycles. The van der Waals surface area contributed by atoms with Gasteiger partial charge in [-0.15, -0.1) is 0 Å². The summed E-state index contributed by atoms with van der Waals surface area (Å²) >= 11 is 0. The van der Waals surface area contributed by atoms with Gasteiger partial charge in [0.15, 0.2) is 9.84 Å². The molecule has 0 aliphatic carbocycles. The van der Waals surface area contributed by atoms with Gasteiger partial charge < -0.3 is 9.80 Å². The Hall–Kier alpha value is -1.89. The van der Waals surface area contributed by atoms with E-state index in [2.05, 4.69) is 0 Å². The maximum atomic E-state index is 12.2. The van der Waals surface area contributed by atoms with Gasteiger partial charge in [0, 0.05) is 25.7 Å². The van der Waals surface area contributed by atoms with Gasteiger partial charge in [-0.2, -0.15) is 0 Å². The standard InChI is InChI=1S/C15H20N2O4S/c1-16(15(19)12-6-4-3-5-7-12)10-14(18)17(2)13-8-9-22(20,21)11-13/h3-7,13H,8-11H2,1-2H3. The summed E-state index contributed by atoms with van der Waals surface area (Å²) in [5.41, 5.74) is 0.517. The molecule has 2 rings (SSSR count). The number of nitrogens with zero attached hydrogens (tertiary/aromatic N) is 2. The number of sulfone groups is 1. The van der Waals surface area contributed by atoms with Crippen LogP contribution in [-0.4, -0.2) is 68.2 Å². The van der Waals surface area contributed by atoms with E-state index < -0.39 is 9.84 Å². The zero-order valence-corrected chi connectivity index (χ0v) is 13.5. The molecule has 1 atom stereocenters. The SMILES string of the molecule is CN(CC(=O)N(C)C1CCS(=O)(=O)C1)C(=O)c1ccccc1. The lowest BCUT2D eigenvalue weighted by molar-refractivity contribution is -0.132. The molecule has 1 aromatic rings. The smallest absolute Gasteiger partial charge is 0.254 e. The van der Waals surface area contributed by atoms with Crippen LogP contribution < -0.4 is 0 Å². The number of amides is 2. The van der Waals surface area contributed by atoms with Gasteiger partial charge in [0.1, 0.15) is 0 Å². The summed E-state index contributed by atoms with van der Waals surface area (Å²) in [6.45, 7) is -0.0687. The van der Waals surface area contributed by atoms with E-state index in [1.807, 2.05) is 6.07 Å². The molecule has 0 saturated carbocycles. The summed E-state index contributed by atoms with van der Waals surface area (Å²) in [5, 5.41) is 0. The van der Waals surface area contributed by atoms with E-state index in [1.165, 1.54) is 9.80 Å². The zero-order valence-electron chi connectivity index (χ0n) is 12.7. The number of benzene rings is 1. The number of hydrogen-bond acceptors (Lipinski definition) is 4. The van der Waals surface area contributed by atoms with Gasteiger partial charge in [0.05, 0.1) is 18.1 Å². The molecule has 0 bridgehead atoms. The van der Waals surface area contributed by atoms with Crippen LogP contribution >= 0.6 is 0 Å². The minimum Gasteiger partial charge on any atom is -0.340 e. The third-order valence-electron chi connectivity index (χ3n) is 3.89. The highest BCUT2D eigenvalue weighted by Crippen LogP contribution is 2.16. The highest BCUT2D eigenvalue weighted by molar-refractivity contribution is 7.91.